The summed E-state index contributed by atoms with van der Waals surface area (Å²) in [4.78, 5) is 15.1. The fraction of sp³-hybridized carbons (Fsp3) is 0.909. The maximum absolute atomic E-state index is 10.9. The molecule has 1 aliphatic carbocycles. The Morgan fingerprint density at radius 3 is 2.53 bits per heavy atom. The standard InChI is InChI=1S/C11H18N2O2/c14-10(15)13-6-4-11(8-13)3-5-12(7-11)9-1-2-9/h9H,1-8H2,(H,14,15). The predicted octanol–water partition coefficient (Wildman–Crippen LogP) is 1.22. The van der Waals surface area contributed by atoms with E-state index in [1.165, 1.54) is 25.8 Å². The summed E-state index contributed by atoms with van der Waals surface area (Å²) in [5.41, 5.74) is 0.307. The quantitative estimate of drug-likeness (QED) is 0.707. The SMILES string of the molecule is O=C(O)N1CCC2(CCN(C3CC3)C2)C1. The van der Waals surface area contributed by atoms with Crippen LogP contribution in [-0.4, -0.2) is 53.2 Å². The first-order chi connectivity index (χ1) is 7.19. The van der Waals surface area contributed by atoms with Crippen LogP contribution >= 0.6 is 0 Å². The van der Waals surface area contributed by atoms with Gasteiger partial charge in [0.2, 0.25) is 0 Å². The fourth-order valence-electron chi connectivity index (χ4n) is 3.15. The number of amides is 1. The van der Waals surface area contributed by atoms with Crippen LogP contribution in [0.4, 0.5) is 4.79 Å². The average Bonchev–Trinajstić information content (AvgIpc) is 2.85. The lowest BCUT2D eigenvalue weighted by Gasteiger charge is -2.23. The molecule has 15 heavy (non-hydrogen) atoms. The van der Waals surface area contributed by atoms with Crippen molar-refractivity contribution in [1.82, 2.24) is 9.80 Å². The Labute approximate surface area is 89.8 Å². The van der Waals surface area contributed by atoms with E-state index in [2.05, 4.69) is 4.90 Å². The Morgan fingerprint density at radius 1 is 1.20 bits per heavy atom. The van der Waals surface area contributed by atoms with Gasteiger partial charge in [-0.1, -0.05) is 0 Å². The topological polar surface area (TPSA) is 43.8 Å². The second kappa shape index (κ2) is 3.11. The molecule has 4 heteroatoms. The third-order valence-corrected chi connectivity index (χ3v) is 4.24. The van der Waals surface area contributed by atoms with Crippen molar-refractivity contribution in [2.24, 2.45) is 5.41 Å². The largest absolute Gasteiger partial charge is 0.465 e. The van der Waals surface area contributed by atoms with Gasteiger partial charge in [0.15, 0.2) is 0 Å². The van der Waals surface area contributed by atoms with Gasteiger partial charge >= 0.3 is 6.09 Å². The number of hydrogen-bond donors (Lipinski definition) is 1. The summed E-state index contributed by atoms with van der Waals surface area (Å²) in [6.07, 6.45) is 4.25. The first-order valence-corrected chi connectivity index (χ1v) is 5.91. The minimum atomic E-state index is -0.739. The van der Waals surface area contributed by atoms with E-state index < -0.39 is 6.09 Å². The molecule has 0 bridgehead atoms. The maximum Gasteiger partial charge on any atom is 0.407 e. The van der Waals surface area contributed by atoms with E-state index in [9.17, 15) is 4.79 Å². The van der Waals surface area contributed by atoms with Crippen LogP contribution in [0, 0.1) is 5.41 Å². The highest BCUT2D eigenvalue weighted by Gasteiger charge is 2.47. The minimum absolute atomic E-state index is 0.307. The van der Waals surface area contributed by atoms with Crippen molar-refractivity contribution < 1.29 is 9.90 Å². The summed E-state index contributed by atoms with van der Waals surface area (Å²) in [6, 6.07) is 0.836. The number of carboxylic acid groups (broad SMARTS) is 1. The molecule has 3 fully saturated rings. The van der Waals surface area contributed by atoms with Gasteiger partial charge in [0.05, 0.1) is 0 Å². The molecule has 2 aliphatic heterocycles. The summed E-state index contributed by atoms with van der Waals surface area (Å²) in [5, 5.41) is 8.96. The second-order valence-electron chi connectivity index (χ2n) is 5.41. The molecule has 1 N–H and O–H groups in total. The molecule has 4 nitrogen and oxygen atoms in total. The molecule has 84 valence electrons. The Hall–Kier alpha value is -0.770. The molecular formula is C11H18N2O2. The first-order valence-electron chi connectivity index (χ1n) is 5.91. The van der Waals surface area contributed by atoms with Crippen LogP contribution in [0.15, 0.2) is 0 Å². The molecule has 2 heterocycles. The average molecular weight is 210 g/mol. The lowest BCUT2D eigenvalue weighted by atomic mass is 9.86. The van der Waals surface area contributed by atoms with E-state index in [0.29, 0.717) is 5.41 Å². The summed E-state index contributed by atoms with van der Waals surface area (Å²) >= 11 is 0. The molecule has 1 unspecified atom stereocenters. The van der Waals surface area contributed by atoms with Crippen LogP contribution in [0.5, 0.6) is 0 Å². The van der Waals surface area contributed by atoms with Crippen molar-refractivity contribution in [3.05, 3.63) is 0 Å². The number of nitrogens with zero attached hydrogens (tertiary/aromatic N) is 2. The highest BCUT2D eigenvalue weighted by molar-refractivity contribution is 5.65. The fourth-order valence-corrected chi connectivity index (χ4v) is 3.15. The number of likely N-dealkylation sites (tertiary alicyclic amines) is 2. The molecule has 2 saturated heterocycles. The maximum atomic E-state index is 10.9. The Bertz CT molecular complexity index is 290. The highest BCUT2D eigenvalue weighted by Crippen LogP contribution is 2.43. The molecule has 1 saturated carbocycles. The smallest absolute Gasteiger partial charge is 0.407 e. The van der Waals surface area contributed by atoms with Gasteiger partial charge < -0.3 is 10.0 Å². The van der Waals surface area contributed by atoms with Crippen molar-refractivity contribution in [1.29, 1.82) is 0 Å². The monoisotopic (exact) mass is 210 g/mol. The van der Waals surface area contributed by atoms with E-state index in [1.807, 2.05) is 0 Å². The van der Waals surface area contributed by atoms with E-state index in [-0.39, 0.29) is 0 Å². The first kappa shape index (κ1) is 9.46. The molecule has 3 aliphatic rings. The van der Waals surface area contributed by atoms with Crippen LogP contribution in [0.1, 0.15) is 25.7 Å². The summed E-state index contributed by atoms with van der Waals surface area (Å²) < 4.78 is 0. The lowest BCUT2D eigenvalue weighted by Crippen LogP contribution is -2.33. The molecule has 1 atom stereocenters. The van der Waals surface area contributed by atoms with Crippen molar-refractivity contribution in [2.75, 3.05) is 26.2 Å². The molecule has 0 aromatic carbocycles. The normalized spacial score (nSPS) is 36.7. The molecule has 1 amide bonds. The number of carbonyl (C=O) groups is 1. The van der Waals surface area contributed by atoms with Crippen molar-refractivity contribution in [3.8, 4) is 0 Å². The second-order valence-corrected chi connectivity index (χ2v) is 5.41. The van der Waals surface area contributed by atoms with Gasteiger partial charge in [0, 0.05) is 31.1 Å². The zero-order valence-electron chi connectivity index (χ0n) is 8.98. The number of hydrogen-bond acceptors (Lipinski definition) is 2. The van der Waals surface area contributed by atoms with Gasteiger partial charge in [-0.05, 0) is 32.2 Å². The Balaban J connectivity index is 1.64. The third-order valence-electron chi connectivity index (χ3n) is 4.24. The van der Waals surface area contributed by atoms with E-state index in [0.717, 1.165) is 32.1 Å². The summed E-state index contributed by atoms with van der Waals surface area (Å²) in [6.45, 7) is 3.85. The van der Waals surface area contributed by atoms with Crippen LogP contribution in [-0.2, 0) is 0 Å². The molecule has 1 spiro atoms. The van der Waals surface area contributed by atoms with Crippen LogP contribution in [0.3, 0.4) is 0 Å². The van der Waals surface area contributed by atoms with Gasteiger partial charge in [-0.3, -0.25) is 4.90 Å². The lowest BCUT2D eigenvalue weighted by molar-refractivity contribution is 0.148. The molecule has 0 aromatic heterocycles. The van der Waals surface area contributed by atoms with Gasteiger partial charge in [-0.25, -0.2) is 4.79 Å². The minimum Gasteiger partial charge on any atom is -0.465 e. The molecule has 0 aromatic rings. The molecular weight excluding hydrogens is 192 g/mol. The molecule has 0 radical (unpaired) electrons. The highest BCUT2D eigenvalue weighted by atomic mass is 16.4. The van der Waals surface area contributed by atoms with Gasteiger partial charge in [-0.2, -0.15) is 0 Å². The van der Waals surface area contributed by atoms with E-state index in [1.54, 1.807) is 4.90 Å². The Kier molecular flexibility index (Phi) is 1.96. The van der Waals surface area contributed by atoms with Crippen LogP contribution < -0.4 is 0 Å². The van der Waals surface area contributed by atoms with Crippen molar-refractivity contribution in [2.45, 2.75) is 31.7 Å². The summed E-state index contributed by atoms with van der Waals surface area (Å²) in [5.74, 6) is 0. The Morgan fingerprint density at radius 2 is 1.93 bits per heavy atom. The van der Waals surface area contributed by atoms with Gasteiger partial charge in [0.1, 0.15) is 0 Å². The zero-order chi connectivity index (χ0) is 10.5. The zero-order valence-corrected chi connectivity index (χ0v) is 8.98. The molecule has 3 rings (SSSR count). The van der Waals surface area contributed by atoms with Crippen molar-refractivity contribution in [3.63, 3.8) is 0 Å². The van der Waals surface area contributed by atoms with Gasteiger partial charge in [0.25, 0.3) is 0 Å². The van der Waals surface area contributed by atoms with E-state index in [4.69, 9.17) is 5.11 Å². The third kappa shape index (κ3) is 1.61. The van der Waals surface area contributed by atoms with Gasteiger partial charge in [-0.15, -0.1) is 0 Å². The van der Waals surface area contributed by atoms with Crippen LogP contribution in [0.2, 0.25) is 0 Å². The summed E-state index contributed by atoms with van der Waals surface area (Å²) in [7, 11) is 0. The van der Waals surface area contributed by atoms with E-state index >= 15 is 0 Å². The van der Waals surface area contributed by atoms with Crippen molar-refractivity contribution >= 4 is 6.09 Å². The van der Waals surface area contributed by atoms with Crippen LogP contribution in [0.25, 0.3) is 0 Å². The number of rotatable bonds is 1. The predicted molar refractivity (Wildman–Crippen MR) is 55.9 cm³/mol.